The lowest BCUT2D eigenvalue weighted by molar-refractivity contribution is 0.1000. The van der Waals surface area contributed by atoms with Gasteiger partial charge in [-0.3, -0.25) is 4.79 Å². The zero-order valence-electron chi connectivity index (χ0n) is 15.2. The first-order chi connectivity index (χ1) is 13.7. The first-order valence-electron chi connectivity index (χ1n) is 9.02. The van der Waals surface area contributed by atoms with Crippen LogP contribution in [-0.4, -0.2) is 26.5 Å². The van der Waals surface area contributed by atoms with Crippen LogP contribution >= 0.6 is 0 Å². The summed E-state index contributed by atoms with van der Waals surface area (Å²) in [5.74, 6) is 0.0753. The van der Waals surface area contributed by atoms with Crippen LogP contribution in [0.15, 0.2) is 72.8 Å². The lowest BCUT2D eigenvalue weighted by Crippen LogP contribution is -2.16. The van der Waals surface area contributed by atoms with Crippen LogP contribution in [-0.2, 0) is 12.8 Å². The molecule has 0 aliphatic carbocycles. The quantitative estimate of drug-likeness (QED) is 0.544. The molecule has 0 radical (unpaired) electrons. The summed E-state index contributed by atoms with van der Waals surface area (Å²) < 4.78 is 0. The van der Waals surface area contributed by atoms with Gasteiger partial charge in [-0.2, -0.15) is 5.21 Å². The number of nitrogens with one attached hydrogen (secondary N) is 1. The molecule has 3 aromatic carbocycles. The van der Waals surface area contributed by atoms with E-state index in [0.29, 0.717) is 11.4 Å². The number of tetrazole rings is 1. The highest BCUT2D eigenvalue weighted by Gasteiger charge is 2.16. The van der Waals surface area contributed by atoms with Gasteiger partial charge in [-0.1, -0.05) is 66.7 Å². The van der Waals surface area contributed by atoms with Crippen molar-refractivity contribution in [1.82, 2.24) is 20.6 Å². The Kier molecular flexibility index (Phi) is 4.93. The van der Waals surface area contributed by atoms with Crippen molar-refractivity contribution < 1.29 is 4.79 Å². The number of benzene rings is 3. The molecule has 4 rings (SSSR count). The van der Waals surface area contributed by atoms with Gasteiger partial charge in [0, 0.05) is 5.56 Å². The van der Waals surface area contributed by atoms with Crippen molar-refractivity contribution in [3.05, 3.63) is 89.5 Å². The highest BCUT2D eigenvalue weighted by atomic mass is 16.1. The van der Waals surface area contributed by atoms with Gasteiger partial charge in [-0.25, -0.2) is 0 Å². The van der Waals surface area contributed by atoms with Crippen LogP contribution in [0.5, 0.6) is 0 Å². The Morgan fingerprint density at radius 2 is 1.68 bits per heavy atom. The number of hydrogen-bond acceptors (Lipinski definition) is 4. The minimum absolute atomic E-state index is 0.427. The summed E-state index contributed by atoms with van der Waals surface area (Å²) in [6, 6.07) is 23.7. The average Bonchev–Trinajstić information content (AvgIpc) is 3.28. The van der Waals surface area contributed by atoms with E-state index in [2.05, 4.69) is 32.8 Å². The second-order valence-corrected chi connectivity index (χ2v) is 6.51. The van der Waals surface area contributed by atoms with Crippen molar-refractivity contribution in [2.24, 2.45) is 5.73 Å². The molecule has 4 aromatic rings. The van der Waals surface area contributed by atoms with Crippen molar-refractivity contribution in [1.29, 1.82) is 0 Å². The number of carbonyl (C=O) groups excluding carboxylic acids is 1. The van der Waals surface area contributed by atoms with E-state index < -0.39 is 5.91 Å². The monoisotopic (exact) mass is 369 g/mol. The molecule has 0 unspecified atom stereocenters. The summed E-state index contributed by atoms with van der Waals surface area (Å²) in [6.07, 6.45) is 1.58. The van der Waals surface area contributed by atoms with Gasteiger partial charge in [0.2, 0.25) is 11.7 Å². The van der Waals surface area contributed by atoms with E-state index in [0.717, 1.165) is 35.1 Å². The summed E-state index contributed by atoms with van der Waals surface area (Å²) in [7, 11) is 0. The maximum absolute atomic E-state index is 12.3. The second kappa shape index (κ2) is 7.84. The first kappa shape index (κ1) is 17.6. The predicted molar refractivity (Wildman–Crippen MR) is 107 cm³/mol. The van der Waals surface area contributed by atoms with Crippen LogP contribution < -0.4 is 5.73 Å². The van der Waals surface area contributed by atoms with E-state index in [1.165, 1.54) is 5.56 Å². The lowest BCUT2D eigenvalue weighted by Gasteiger charge is -2.13. The molecule has 0 aliphatic heterocycles. The maximum atomic E-state index is 12.3. The maximum Gasteiger partial charge on any atom is 0.249 e. The minimum atomic E-state index is -0.427. The molecule has 0 bridgehead atoms. The second-order valence-electron chi connectivity index (χ2n) is 6.51. The van der Waals surface area contributed by atoms with Crippen LogP contribution in [0.4, 0.5) is 0 Å². The van der Waals surface area contributed by atoms with Crippen LogP contribution in [0.2, 0.25) is 0 Å². The number of aromatic nitrogens is 4. The van der Waals surface area contributed by atoms with Gasteiger partial charge in [0.15, 0.2) is 0 Å². The zero-order valence-corrected chi connectivity index (χ0v) is 15.2. The van der Waals surface area contributed by atoms with Crippen LogP contribution in [0, 0.1) is 0 Å². The van der Waals surface area contributed by atoms with Crippen molar-refractivity contribution in [3.63, 3.8) is 0 Å². The molecule has 3 N–H and O–H groups in total. The minimum Gasteiger partial charge on any atom is -0.366 e. The summed E-state index contributed by atoms with van der Waals surface area (Å²) in [4.78, 5) is 12.3. The fraction of sp³-hybridized carbons (Fsp3) is 0.0909. The van der Waals surface area contributed by atoms with Gasteiger partial charge in [0.25, 0.3) is 0 Å². The lowest BCUT2D eigenvalue weighted by atomic mass is 9.91. The van der Waals surface area contributed by atoms with E-state index >= 15 is 0 Å². The summed E-state index contributed by atoms with van der Waals surface area (Å²) in [6.45, 7) is 0. The van der Waals surface area contributed by atoms with Crippen LogP contribution in [0.3, 0.4) is 0 Å². The molecule has 0 fully saturated rings. The third-order valence-corrected chi connectivity index (χ3v) is 4.70. The van der Waals surface area contributed by atoms with Gasteiger partial charge in [-0.05, 0) is 46.4 Å². The van der Waals surface area contributed by atoms with E-state index in [1.54, 1.807) is 0 Å². The van der Waals surface area contributed by atoms with Gasteiger partial charge in [-0.15, -0.1) is 10.2 Å². The first-order valence-corrected chi connectivity index (χ1v) is 9.02. The van der Waals surface area contributed by atoms with Crippen molar-refractivity contribution in [2.75, 3.05) is 0 Å². The van der Waals surface area contributed by atoms with E-state index in [1.807, 2.05) is 60.7 Å². The SMILES string of the molecule is NC(=O)c1c(CCc2ccccc2)cccc1-c1cccc(-c2nn[nH]n2)c1. The summed E-state index contributed by atoms with van der Waals surface area (Å²) >= 11 is 0. The Hall–Kier alpha value is -3.80. The number of aromatic amines is 1. The molecule has 0 atom stereocenters. The summed E-state index contributed by atoms with van der Waals surface area (Å²) in [5.41, 5.74) is 11.0. The van der Waals surface area contributed by atoms with Crippen molar-refractivity contribution in [2.45, 2.75) is 12.8 Å². The Morgan fingerprint density at radius 1 is 0.893 bits per heavy atom. The smallest absolute Gasteiger partial charge is 0.249 e. The molecule has 0 spiro atoms. The highest BCUT2D eigenvalue weighted by Crippen LogP contribution is 2.29. The molecule has 0 aliphatic rings. The molecule has 28 heavy (non-hydrogen) atoms. The number of H-pyrrole nitrogens is 1. The Bertz CT molecular complexity index is 1090. The Labute approximate surface area is 162 Å². The number of hydrogen-bond donors (Lipinski definition) is 2. The molecular weight excluding hydrogens is 350 g/mol. The van der Waals surface area contributed by atoms with Crippen molar-refractivity contribution in [3.8, 4) is 22.5 Å². The molecule has 1 aromatic heterocycles. The third-order valence-electron chi connectivity index (χ3n) is 4.70. The van der Waals surface area contributed by atoms with Gasteiger partial charge in [0.1, 0.15) is 0 Å². The van der Waals surface area contributed by atoms with E-state index in [4.69, 9.17) is 5.73 Å². The van der Waals surface area contributed by atoms with Crippen molar-refractivity contribution >= 4 is 5.91 Å². The molecular formula is C22H19N5O. The third kappa shape index (κ3) is 3.66. The molecule has 1 amide bonds. The number of nitrogens with zero attached hydrogens (tertiary/aromatic N) is 3. The zero-order chi connectivity index (χ0) is 19.3. The number of rotatable bonds is 6. The van der Waals surface area contributed by atoms with E-state index in [9.17, 15) is 4.79 Å². The number of carbonyl (C=O) groups is 1. The fourth-order valence-electron chi connectivity index (χ4n) is 3.37. The highest BCUT2D eigenvalue weighted by molar-refractivity contribution is 6.01. The largest absolute Gasteiger partial charge is 0.366 e. The average molecular weight is 369 g/mol. The number of amides is 1. The molecule has 0 saturated carbocycles. The number of nitrogens with two attached hydrogens (primary N) is 1. The van der Waals surface area contributed by atoms with Crippen LogP contribution in [0.1, 0.15) is 21.5 Å². The van der Waals surface area contributed by atoms with Crippen LogP contribution in [0.25, 0.3) is 22.5 Å². The van der Waals surface area contributed by atoms with E-state index in [-0.39, 0.29) is 0 Å². The Morgan fingerprint density at radius 3 is 2.43 bits per heavy atom. The number of primary amides is 1. The number of aryl methyl sites for hydroxylation is 2. The topological polar surface area (TPSA) is 97.5 Å². The molecule has 6 heteroatoms. The molecule has 1 heterocycles. The Balaban J connectivity index is 1.71. The summed E-state index contributed by atoms with van der Waals surface area (Å²) in [5, 5.41) is 14.1. The fourth-order valence-corrected chi connectivity index (χ4v) is 3.37. The van der Waals surface area contributed by atoms with Gasteiger partial charge >= 0.3 is 0 Å². The predicted octanol–water partition coefficient (Wildman–Crippen LogP) is 3.42. The normalized spacial score (nSPS) is 10.7. The molecule has 138 valence electrons. The van der Waals surface area contributed by atoms with Gasteiger partial charge < -0.3 is 5.73 Å². The standard InChI is InChI=1S/C22H19N5O/c23-21(28)20-16(13-12-15-6-2-1-3-7-15)8-5-11-19(20)17-9-4-10-18(14-17)22-24-26-27-25-22/h1-11,14H,12-13H2,(H2,23,28)(H,24,25,26,27). The molecule has 6 nitrogen and oxygen atoms in total. The molecule has 0 saturated heterocycles. The van der Waals surface area contributed by atoms with Gasteiger partial charge in [0.05, 0.1) is 5.56 Å².